The number of hydrogen-bond donors (Lipinski definition) is 1. The zero-order valence-corrected chi connectivity index (χ0v) is 12.2. The molecule has 1 atom stereocenters. The summed E-state index contributed by atoms with van der Waals surface area (Å²) in [5.74, 6) is 0.614. The Kier molecular flexibility index (Phi) is 5.65. The smallest absolute Gasteiger partial charge is 0.269 e. The lowest BCUT2D eigenvalue weighted by molar-refractivity contribution is -0.464. The molecule has 0 heterocycles. The van der Waals surface area contributed by atoms with Crippen LogP contribution in [-0.2, 0) is 0 Å². The van der Waals surface area contributed by atoms with Crippen LogP contribution < -0.4 is 4.74 Å². The van der Waals surface area contributed by atoms with Gasteiger partial charge in [-0.05, 0) is 24.3 Å². The van der Waals surface area contributed by atoms with E-state index in [2.05, 4.69) is 0 Å². The maximum absolute atomic E-state index is 11.8. The molecule has 2 rings (SSSR count). The minimum Gasteiger partial charge on any atom is -0.624 e. The molecule has 0 saturated carbocycles. The van der Waals surface area contributed by atoms with Crippen LogP contribution >= 0.6 is 0 Å². The van der Waals surface area contributed by atoms with Crippen molar-refractivity contribution in [2.75, 3.05) is 13.2 Å². The molecule has 2 aromatic carbocycles. The molecule has 0 spiro atoms. The second-order valence-electron chi connectivity index (χ2n) is 4.86. The van der Waals surface area contributed by atoms with Crippen molar-refractivity contribution in [3.8, 4) is 5.75 Å². The van der Waals surface area contributed by atoms with Crippen molar-refractivity contribution in [2.24, 2.45) is 0 Å². The first-order valence-corrected chi connectivity index (χ1v) is 6.93. The third-order valence-electron chi connectivity index (χ3n) is 2.97. The van der Waals surface area contributed by atoms with Gasteiger partial charge in [-0.2, -0.15) is 0 Å². The Hall–Kier alpha value is -2.93. The maximum atomic E-state index is 11.8. The van der Waals surface area contributed by atoms with Crippen molar-refractivity contribution in [1.82, 2.24) is 0 Å². The van der Waals surface area contributed by atoms with Crippen molar-refractivity contribution in [3.05, 3.63) is 75.5 Å². The Morgan fingerprint density at radius 1 is 1.09 bits per heavy atom. The van der Waals surface area contributed by atoms with Crippen molar-refractivity contribution >= 4 is 11.9 Å². The number of aliphatic hydroxyl groups excluding tert-OH is 1. The molecule has 23 heavy (non-hydrogen) atoms. The number of para-hydroxylation sites is 1. The fourth-order valence-electron chi connectivity index (χ4n) is 1.87. The molecule has 0 aliphatic heterocycles. The van der Waals surface area contributed by atoms with Crippen LogP contribution in [0.3, 0.4) is 0 Å². The van der Waals surface area contributed by atoms with Crippen LogP contribution in [-0.4, -0.2) is 40.2 Å². The van der Waals surface area contributed by atoms with Crippen LogP contribution in [0.25, 0.3) is 0 Å². The Labute approximate surface area is 132 Å². The summed E-state index contributed by atoms with van der Waals surface area (Å²) in [6.45, 7) is -0.166. The van der Waals surface area contributed by atoms with Crippen LogP contribution in [0.2, 0.25) is 0 Å². The highest BCUT2D eigenvalue weighted by atomic mass is 16.6. The van der Waals surface area contributed by atoms with Gasteiger partial charge in [0.1, 0.15) is 18.5 Å². The van der Waals surface area contributed by atoms with Crippen molar-refractivity contribution in [3.63, 3.8) is 0 Å². The van der Waals surface area contributed by atoms with E-state index >= 15 is 0 Å². The third-order valence-corrected chi connectivity index (χ3v) is 2.97. The number of nitro groups is 1. The van der Waals surface area contributed by atoms with Crippen LogP contribution in [0, 0.1) is 15.3 Å². The van der Waals surface area contributed by atoms with Gasteiger partial charge in [0.15, 0.2) is 12.8 Å². The Balaban J connectivity index is 1.87. The van der Waals surface area contributed by atoms with E-state index in [0.717, 1.165) is 0 Å². The SMILES string of the molecule is O=[N+]([O-])c1ccc(/C=[N+](\[O-])C[C@H](O)COc2ccccc2)cc1. The summed E-state index contributed by atoms with van der Waals surface area (Å²) < 4.78 is 5.93. The molecule has 1 N–H and O–H groups in total. The molecule has 0 saturated heterocycles. The normalized spacial score (nSPS) is 12.7. The van der Waals surface area contributed by atoms with E-state index in [4.69, 9.17) is 4.74 Å². The Bertz CT molecular complexity index is 671. The molecule has 0 fully saturated rings. The van der Waals surface area contributed by atoms with E-state index in [1.165, 1.54) is 30.5 Å². The standard InChI is InChI=1S/C16H16N2O5/c19-15(12-23-16-4-2-1-3-5-16)11-17(20)10-13-6-8-14(9-7-13)18(21)22/h1-10,15,19H,11-12H2/b17-10-/t15-/m0/s1. The van der Waals surface area contributed by atoms with E-state index in [1.807, 2.05) is 18.2 Å². The van der Waals surface area contributed by atoms with Crippen LogP contribution in [0.5, 0.6) is 5.75 Å². The van der Waals surface area contributed by atoms with Gasteiger partial charge in [0.25, 0.3) is 5.69 Å². The summed E-state index contributed by atoms with van der Waals surface area (Å²) >= 11 is 0. The number of hydrogen-bond acceptors (Lipinski definition) is 5. The quantitative estimate of drug-likeness (QED) is 0.277. The second kappa shape index (κ2) is 7.90. The number of benzene rings is 2. The summed E-state index contributed by atoms with van der Waals surface area (Å²) in [6, 6.07) is 14.5. The lowest BCUT2D eigenvalue weighted by Gasteiger charge is -2.12. The van der Waals surface area contributed by atoms with Gasteiger partial charge in [0.2, 0.25) is 0 Å². The maximum Gasteiger partial charge on any atom is 0.269 e. The average molecular weight is 316 g/mol. The topological polar surface area (TPSA) is 98.7 Å². The Morgan fingerprint density at radius 3 is 2.35 bits per heavy atom. The van der Waals surface area contributed by atoms with Gasteiger partial charge < -0.3 is 15.1 Å². The number of nitrogens with zero attached hydrogens (tertiary/aromatic N) is 2. The number of ether oxygens (including phenoxy) is 1. The molecule has 0 bridgehead atoms. The fraction of sp³-hybridized carbons (Fsp3) is 0.188. The zero-order chi connectivity index (χ0) is 16.7. The van der Waals surface area contributed by atoms with Crippen LogP contribution in [0.15, 0.2) is 54.6 Å². The average Bonchev–Trinajstić information content (AvgIpc) is 2.54. The van der Waals surface area contributed by atoms with Gasteiger partial charge in [-0.1, -0.05) is 18.2 Å². The predicted molar refractivity (Wildman–Crippen MR) is 84.7 cm³/mol. The fourth-order valence-corrected chi connectivity index (χ4v) is 1.87. The van der Waals surface area contributed by atoms with Crippen LogP contribution in [0.1, 0.15) is 5.56 Å². The van der Waals surface area contributed by atoms with E-state index in [9.17, 15) is 20.4 Å². The molecular formula is C16H16N2O5. The van der Waals surface area contributed by atoms with Gasteiger partial charge in [0, 0.05) is 17.7 Å². The molecular weight excluding hydrogens is 300 g/mol. The highest BCUT2D eigenvalue weighted by Gasteiger charge is 2.11. The first kappa shape index (κ1) is 16.4. The summed E-state index contributed by atoms with van der Waals surface area (Å²) in [5.41, 5.74) is 0.470. The van der Waals surface area contributed by atoms with Gasteiger partial charge >= 0.3 is 0 Å². The highest BCUT2D eigenvalue weighted by molar-refractivity contribution is 5.76. The van der Waals surface area contributed by atoms with Crippen LogP contribution in [0.4, 0.5) is 5.69 Å². The molecule has 0 aliphatic carbocycles. The summed E-state index contributed by atoms with van der Waals surface area (Å²) in [5, 5.41) is 32.1. The molecule has 0 radical (unpaired) electrons. The Morgan fingerprint density at radius 2 is 1.74 bits per heavy atom. The van der Waals surface area contributed by atoms with E-state index in [0.29, 0.717) is 16.1 Å². The summed E-state index contributed by atoms with van der Waals surface area (Å²) in [7, 11) is 0. The number of rotatable bonds is 7. The first-order chi connectivity index (χ1) is 11.0. The molecule has 7 heteroatoms. The summed E-state index contributed by atoms with van der Waals surface area (Å²) in [4.78, 5) is 10.0. The number of aliphatic hydroxyl groups is 1. The number of hydroxylamine groups is 1. The third kappa shape index (κ3) is 5.40. The number of nitro benzene ring substituents is 1. The lowest BCUT2D eigenvalue weighted by Crippen LogP contribution is -2.27. The molecule has 120 valence electrons. The minimum absolute atomic E-state index is 0.00312. The first-order valence-electron chi connectivity index (χ1n) is 6.93. The molecule has 7 nitrogen and oxygen atoms in total. The molecule has 0 aromatic heterocycles. The van der Waals surface area contributed by atoms with Crippen molar-refractivity contribution in [1.29, 1.82) is 0 Å². The zero-order valence-electron chi connectivity index (χ0n) is 12.2. The van der Waals surface area contributed by atoms with Crippen molar-refractivity contribution in [2.45, 2.75) is 6.10 Å². The van der Waals surface area contributed by atoms with Gasteiger partial charge in [-0.3, -0.25) is 10.1 Å². The minimum atomic E-state index is -0.956. The molecule has 0 unspecified atom stereocenters. The largest absolute Gasteiger partial charge is 0.624 e. The van der Waals surface area contributed by atoms with Crippen molar-refractivity contribution < 1.29 is 19.5 Å². The monoisotopic (exact) mass is 316 g/mol. The number of non-ortho nitro benzene ring substituents is 1. The second-order valence-corrected chi connectivity index (χ2v) is 4.86. The van der Waals surface area contributed by atoms with Gasteiger partial charge in [-0.15, -0.1) is 0 Å². The van der Waals surface area contributed by atoms with E-state index in [1.54, 1.807) is 12.1 Å². The van der Waals surface area contributed by atoms with Gasteiger partial charge in [0.05, 0.1) is 4.92 Å². The lowest BCUT2D eigenvalue weighted by atomic mass is 10.2. The van der Waals surface area contributed by atoms with E-state index < -0.39 is 11.0 Å². The van der Waals surface area contributed by atoms with Gasteiger partial charge in [-0.25, -0.2) is 4.74 Å². The van der Waals surface area contributed by atoms with E-state index in [-0.39, 0.29) is 18.8 Å². The molecule has 0 aliphatic rings. The molecule has 2 aromatic rings. The summed E-state index contributed by atoms with van der Waals surface area (Å²) in [6.07, 6.45) is 0.303. The molecule has 0 amide bonds. The predicted octanol–water partition coefficient (Wildman–Crippen LogP) is 1.96. The highest BCUT2D eigenvalue weighted by Crippen LogP contribution is 2.11.